The van der Waals surface area contributed by atoms with E-state index in [0.717, 1.165) is 13.0 Å². The predicted molar refractivity (Wildman–Crippen MR) is 46.2 cm³/mol. The molecule has 0 saturated carbocycles. The van der Waals surface area contributed by atoms with E-state index in [-0.39, 0.29) is 5.91 Å². The molecule has 2 heterocycles. The van der Waals surface area contributed by atoms with Crippen LogP contribution < -0.4 is 0 Å². The average Bonchev–Trinajstić information content (AvgIpc) is 2.71. The van der Waals surface area contributed by atoms with Gasteiger partial charge in [-0.25, -0.2) is 4.98 Å². The molecule has 0 aliphatic carbocycles. The van der Waals surface area contributed by atoms with Crippen molar-refractivity contribution in [2.24, 2.45) is 0 Å². The van der Waals surface area contributed by atoms with Crippen LogP contribution in [0.2, 0.25) is 0 Å². The van der Waals surface area contributed by atoms with Crippen LogP contribution in [0.25, 0.3) is 0 Å². The van der Waals surface area contributed by atoms with Gasteiger partial charge in [0.15, 0.2) is 6.39 Å². The highest BCUT2D eigenvalue weighted by molar-refractivity contribution is 5.91. The van der Waals surface area contributed by atoms with E-state index in [1.807, 2.05) is 6.08 Å². The molecule has 1 amide bonds. The monoisotopic (exact) mass is 178 g/mol. The molecule has 0 radical (unpaired) electrons. The predicted octanol–water partition coefficient (Wildman–Crippen LogP) is 1.08. The summed E-state index contributed by atoms with van der Waals surface area (Å²) in [5.41, 5.74) is 0. The minimum Gasteiger partial charge on any atom is -0.438 e. The molecule has 1 aromatic rings. The molecule has 0 fully saturated rings. The summed E-state index contributed by atoms with van der Waals surface area (Å²) in [5, 5.41) is 0. The molecule has 0 saturated heterocycles. The van der Waals surface area contributed by atoms with Gasteiger partial charge >= 0.3 is 0 Å². The van der Waals surface area contributed by atoms with Gasteiger partial charge in [0.2, 0.25) is 5.76 Å². The summed E-state index contributed by atoms with van der Waals surface area (Å²) < 4.78 is 4.92. The van der Waals surface area contributed by atoms with Crippen LogP contribution in [-0.2, 0) is 0 Å². The van der Waals surface area contributed by atoms with E-state index >= 15 is 0 Å². The highest BCUT2D eigenvalue weighted by atomic mass is 16.3. The first-order chi connectivity index (χ1) is 6.38. The summed E-state index contributed by atoms with van der Waals surface area (Å²) in [6, 6.07) is 0. The van der Waals surface area contributed by atoms with E-state index in [1.165, 1.54) is 12.6 Å². The Balaban J connectivity index is 2.09. The van der Waals surface area contributed by atoms with Crippen molar-refractivity contribution in [2.75, 3.05) is 13.1 Å². The normalized spacial score (nSPS) is 16.2. The van der Waals surface area contributed by atoms with Gasteiger partial charge in [-0.1, -0.05) is 12.2 Å². The van der Waals surface area contributed by atoms with Crippen molar-refractivity contribution in [2.45, 2.75) is 6.42 Å². The fourth-order valence-corrected chi connectivity index (χ4v) is 1.30. The van der Waals surface area contributed by atoms with Crippen molar-refractivity contribution in [3.63, 3.8) is 0 Å². The third-order valence-electron chi connectivity index (χ3n) is 1.99. The Morgan fingerprint density at radius 1 is 1.54 bits per heavy atom. The number of amides is 1. The zero-order valence-corrected chi connectivity index (χ0v) is 7.14. The second-order valence-corrected chi connectivity index (χ2v) is 2.88. The molecule has 13 heavy (non-hydrogen) atoms. The Hall–Kier alpha value is -1.58. The molecular weight excluding hydrogens is 168 g/mol. The fourth-order valence-electron chi connectivity index (χ4n) is 1.30. The lowest BCUT2D eigenvalue weighted by Gasteiger charge is -2.21. The molecule has 0 atom stereocenters. The summed E-state index contributed by atoms with van der Waals surface area (Å²) in [4.78, 5) is 17.1. The van der Waals surface area contributed by atoms with E-state index in [2.05, 4.69) is 11.1 Å². The van der Waals surface area contributed by atoms with Crippen molar-refractivity contribution in [3.8, 4) is 0 Å². The Kier molecular flexibility index (Phi) is 2.12. The standard InChI is InChI=1S/C9H10N2O2/c12-9(8-6-10-7-13-8)11-4-2-1-3-5-11/h1-2,6-7H,3-5H2. The topological polar surface area (TPSA) is 46.3 Å². The number of carbonyl (C=O) groups is 1. The van der Waals surface area contributed by atoms with Crippen molar-refractivity contribution in [1.82, 2.24) is 9.88 Å². The largest absolute Gasteiger partial charge is 0.438 e. The molecule has 1 aliphatic rings. The SMILES string of the molecule is O=C(c1cnco1)N1CC=CCC1. The van der Waals surface area contributed by atoms with Crippen LogP contribution in [0.3, 0.4) is 0 Å². The molecule has 68 valence electrons. The summed E-state index contributed by atoms with van der Waals surface area (Å²) in [5.74, 6) is 0.233. The van der Waals surface area contributed by atoms with Crippen LogP contribution >= 0.6 is 0 Å². The van der Waals surface area contributed by atoms with Crippen LogP contribution in [0.1, 0.15) is 17.0 Å². The second kappa shape index (κ2) is 3.43. The average molecular weight is 178 g/mol. The van der Waals surface area contributed by atoms with E-state index in [9.17, 15) is 4.79 Å². The smallest absolute Gasteiger partial charge is 0.291 e. The van der Waals surface area contributed by atoms with Gasteiger partial charge in [0, 0.05) is 13.1 Å². The summed E-state index contributed by atoms with van der Waals surface area (Å²) in [6.45, 7) is 1.43. The zero-order valence-electron chi connectivity index (χ0n) is 7.14. The van der Waals surface area contributed by atoms with Crippen LogP contribution in [0.5, 0.6) is 0 Å². The number of carbonyl (C=O) groups excluding carboxylic acids is 1. The second-order valence-electron chi connectivity index (χ2n) is 2.88. The number of oxazole rings is 1. The number of hydrogen-bond acceptors (Lipinski definition) is 3. The third-order valence-corrected chi connectivity index (χ3v) is 1.99. The van der Waals surface area contributed by atoms with E-state index in [4.69, 9.17) is 4.42 Å². The number of rotatable bonds is 1. The lowest BCUT2D eigenvalue weighted by molar-refractivity contribution is 0.0739. The first-order valence-corrected chi connectivity index (χ1v) is 4.20. The minimum absolute atomic E-state index is 0.0816. The Morgan fingerprint density at radius 2 is 2.46 bits per heavy atom. The summed E-state index contributed by atoms with van der Waals surface area (Å²) in [7, 11) is 0. The van der Waals surface area contributed by atoms with Crippen LogP contribution in [0.4, 0.5) is 0 Å². The lowest BCUT2D eigenvalue weighted by Crippen LogP contribution is -2.33. The molecule has 4 heteroatoms. The highest BCUT2D eigenvalue weighted by Crippen LogP contribution is 2.07. The van der Waals surface area contributed by atoms with Crippen LogP contribution in [-0.4, -0.2) is 28.9 Å². The molecule has 0 bridgehead atoms. The van der Waals surface area contributed by atoms with Crippen LogP contribution in [0, 0.1) is 0 Å². The molecule has 1 aromatic heterocycles. The van der Waals surface area contributed by atoms with Crippen LogP contribution in [0.15, 0.2) is 29.2 Å². The number of hydrogen-bond donors (Lipinski definition) is 0. The van der Waals surface area contributed by atoms with Gasteiger partial charge in [0.05, 0.1) is 6.20 Å². The number of nitrogens with zero attached hydrogens (tertiary/aromatic N) is 2. The Bertz CT molecular complexity index is 316. The maximum absolute atomic E-state index is 11.6. The van der Waals surface area contributed by atoms with Gasteiger partial charge in [0.25, 0.3) is 5.91 Å². The Morgan fingerprint density at radius 3 is 3.08 bits per heavy atom. The van der Waals surface area contributed by atoms with Gasteiger partial charge in [-0.05, 0) is 6.42 Å². The van der Waals surface area contributed by atoms with Gasteiger partial charge < -0.3 is 9.32 Å². The Labute approximate surface area is 75.9 Å². The molecule has 0 N–H and O–H groups in total. The van der Waals surface area contributed by atoms with Crippen molar-refractivity contribution in [3.05, 3.63) is 30.5 Å². The van der Waals surface area contributed by atoms with Crippen molar-refractivity contribution >= 4 is 5.91 Å². The molecular formula is C9H10N2O2. The van der Waals surface area contributed by atoms with Gasteiger partial charge in [-0.3, -0.25) is 4.79 Å². The summed E-state index contributed by atoms with van der Waals surface area (Å²) >= 11 is 0. The zero-order chi connectivity index (χ0) is 9.10. The molecule has 0 spiro atoms. The maximum Gasteiger partial charge on any atom is 0.291 e. The maximum atomic E-state index is 11.6. The molecule has 0 aromatic carbocycles. The van der Waals surface area contributed by atoms with Crippen molar-refractivity contribution in [1.29, 1.82) is 0 Å². The minimum atomic E-state index is -0.0816. The molecule has 1 aliphatic heterocycles. The number of aromatic nitrogens is 1. The van der Waals surface area contributed by atoms with Crippen molar-refractivity contribution < 1.29 is 9.21 Å². The highest BCUT2D eigenvalue weighted by Gasteiger charge is 2.18. The quantitative estimate of drug-likeness (QED) is 0.604. The lowest BCUT2D eigenvalue weighted by atomic mass is 10.2. The molecule has 0 unspecified atom stereocenters. The van der Waals surface area contributed by atoms with Gasteiger partial charge in [-0.15, -0.1) is 0 Å². The van der Waals surface area contributed by atoms with E-state index < -0.39 is 0 Å². The molecule has 4 nitrogen and oxygen atoms in total. The molecule has 2 rings (SSSR count). The van der Waals surface area contributed by atoms with Gasteiger partial charge in [0.1, 0.15) is 0 Å². The van der Waals surface area contributed by atoms with Gasteiger partial charge in [-0.2, -0.15) is 0 Å². The first-order valence-electron chi connectivity index (χ1n) is 4.20. The van der Waals surface area contributed by atoms with E-state index in [1.54, 1.807) is 4.90 Å². The summed E-state index contributed by atoms with van der Waals surface area (Å²) in [6.07, 6.45) is 7.69. The van der Waals surface area contributed by atoms with E-state index in [0.29, 0.717) is 12.3 Å². The fraction of sp³-hybridized carbons (Fsp3) is 0.333. The third kappa shape index (κ3) is 1.61. The first kappa shape index (κ1) is 8.04.